The van der Waals surface area contributed by atoms with E-state index in [0.717, 1.165) is 19.4 Å². The van der Waals surface area contributed by atoms with Gasteiger partial charge in [-0.1, -0.05) is 33.0 Å². The molecule has 0 bridgehead atoms. The van der Waals surface area contributed by atoms with Gasteiger partial charge < -0.3 is 8.99 Å². The molecule has 0 spiro atoms. The quantitative estimate of drug-likeness (QED) is 0.703. The van der Waals surface area contributed by atoms with E-state index in [1.807, 2.05) is 24.2 Å². The van der Waals surface area contributed by atoms with E-state index in [1.54, 1.807) is 0 Å². The van der Waals surface area contributed by atoms with Gasteiger partial charge in [0.15, 0.2) is 8.24 Å². The van der Waals surface area contributed by atoms with Gasteiger partial charge in [0.05, 0.1) is 0 Å². The Morgan fingerprint density at radius 2 is 1.62 bits per heavy atom. The van der Waals surface area contributed by atoms with Crippen LogP contribution in [-0.4, -0.2) is 33.8 Å². The molecule has 96 valence electrons. The van der Waals surface area contributed by atoms with Crippen LogP contribution in [0.1, 0.15) is 19.8 Å². The van der Waals surface area contributed by atoms with Crippen LogP contribution in [0.2, 0.25) is 39.3 Å². The smallest absolute Gasteiger partial charge is 0.388 e. The number of carbonyl (C=O) groups excluding carboxylic acids is 1. The van der Waals surface area contributed by atoms with Gasteiger partial charge in [0.1, 0.15) is 0 Å². The molecule has 0 aliphatic rings. The Labute approximate surface area is 102 Å². The van der Waals surface area contributed by atoms with Crippen LogP contribution >= 0.6 is 0 Å². The Kier molecular flexibility index (Phi) is 5.75. The lowest BCUT2D eigenvalue weighted by atomic mass is 10.3. The number of carbonyl (C=O) groups is 1. The maximum atomic E-state index is 12.1. The van der Waals surface area contributed by atoms with Crippen LogP contribution in [0.15, 0.2) is 0 Å². The first-order chi connectivity index (χ1) is 7.08. The molecule has 0 atom stereocenters. The SMILES string of the molecule is CCCCN(C(=O)O[Si](C)(C)C)[Si](C)(C)C. The molecule has 0 saturated carbocycles. The summed E-state index contributed by atoms with van der Waals surface area (Å²) >= 11 is 0. The molecule has 0 rings (SSSR count). The molecule has 5 heteroatoms. The van der Waals surface area contributed by atoms with E-state index in [-0.39, 0.29) is 6.09 Å². The van der Waals surface area contributed by atoms with Crippen LogP contribution in [0.5, 0.6) is 0 Å². The van der Waals surface area contributed by atoms with Crippen molar-refractivity contribution >= 4 is 22.6 Å². The molecule has 0 heterocycles. The summed E-state index contributed by atoms with van der Waals surface area (Å²) in [6.07, 6.45) is 2.08. The van der Waals surface area contributed by atoms with E-state index >= 15 is 0 Å². The molecular weight excluding hydrogens is 234 g/mol. The van der Waals surface area contributed by atoms with Gasteiger partial charge in [0.25, 0.3) is 0 Å². The van der Waals surface area contributed by atoms with Crippen LogP contribution in [0.25, 0.3) is 0 Å². The van der Waals surface area contributed by atoms with Gasteiger partial charge in [-0.05, 0) is 26.1 Å². The number of hydrogen-bond donors (Lipinski definition) is 0. The van der Waals surface area contributed by atoms with E-state index in [0.29, 0.717) is 0 Å². The summed E-state index contributed by atoms with van der Waals surface area (Å²) in [6, 6.07) is 0. The largest absolute Gasteiger partial charge is 0.505 e. The van der Waals surface area contributed by atoms with Gasteiger partial charge in [0, 0.05) is 6.54 Å². The molecule has 0 aromatic carbocycles. The number of nitrogens with zero attached hydrogens (tertiary/aromatic N) is 1. The molecule has 3 nitrogen and oxygen atoms in total. The summed E-state index contributed by atoms with van der Waals surface area (Å²) in [5.74, 6) is 0. The highest BCUT2D eigenvalue weighted by molar-refractivity contribution is 6.76. The lowest BCUT2D eigenvalue weighted by molar-refractivity contribution is 0.174. The zero-order valence-electron chi connectivity index (χ0n) is 11.9. The highest BCUT2D eigenvalue weighted by atomic mass is 28.4. The normalized spacial score (nSPS) is 12.4. The van der Waals surface area contributed by atoms with Gasteiger partial charge in [-0.15, -0.1) is 0 Å². The molecule has 0 saturated heterocycles. The number of rotatable bonds is 5. The van der Waals surface area contributed by atoms with Crippen molar-refractivity contribution < 1.29 is 9.22 Å². The average molecular weight is 262 g/mol. The zero-order valence-corrected chi connectivity index (χ0v) is 13.9. The van der Waals surface area contributed by atoms with Crippen LogP contribution in [0.3, 0.4) is 0 Å². The van der Waals surface area contributed by atoms with Crippen molar-refractivity contribution in [1.82, 2.24) is 4.57 Å². The third-order valence-electron chi connectivity index (χ3n) is 2.16. The molecule has 0 N–H and O–H groups in total. The predicted molar refractivity (Wildman–Crippen MR) is 74.8 cm³/mol. The summed E-state index contributed by atoms with van der Waals surface area (Å²) in [5.41, 5.74) is 0. The minimum Gasteiger partial charge on any atom is -0.505 e. The molecular formula is C11H27NO2Si2. The molecule has 0 fully saturated rings. The summed E-state index contributed by atoms with van der Waals surface area (Å²) in [7, 11) is -3.38. The molecule has 0 aromatic rings. The fraction of sp³-hybridized carbons (Fsp3) is 0.909. The maximum absolute atomic E-state index is 12.1. The van der Waals surface area contributed by atoms with E-state index < -0.39 is 16.6 Å². The lowest BCUT2D eigenvalue weighted by Crippen LogP contribution is -2.52. The Balaban J connectivity index is 4.58. The Bertz CT molecular complexity index is 231. The van der Waals surface area contributed by atoms with E-state index in [4.69, 9.17) is 4.43 Å². The van der Waals surface area contributed by atoms with Crippen molar-refractivity contribution in [2.45, 2.75) is 59.0 Å². The first kappa shape index (κ1) is 15.7. The monoisotopic (exact) mass is 261 g/mol. The van der Waals surface area contributed by atoms with Crippen LogP contribution in [0.4, 0.5) is 4.79 Å². The van der Waals surface area contributed by atoms with Crippen LogP contribution in [-0.2, 0) is 4.43 Å². The topological polar surface area (TPSA) is 29.5 Å². The lowest BCUT2D eigenvalue weighted by Gasteiger charge is -2.35. The summed E-state index contributed by atoms with van der Waals surface area (Å²) in [5, 5.41) is 0. The second-order valence-corrected chi connectivity index (χ2v) is 15.5. The minimum atomic E-state index is -1.77. The zero-order chi connectivity index (χ0) is 13.0. The number of hydrogen-bond acceptors (Lipinski definition) is 2. The standard InChI is InChI=1S/C11H27NO2Si2/c1-8-9-10-12(15(2,3)4)11(13)14-16(5,6)7/h8-10H2,1-7H3. The van der Waals surface area contributed by atoms with E-state index in [9.17, 15) is 4.79 Å². The summed E-state index contributed by atoms with van der Waals surface area (Å²) in [6.45, 7) is 15.7. The predicted octanol–water partition coefficient (Wildman–Crippen LogP) is 3.89. The van der Waals surface area contributed by atoms with Crippen molar-refractivity contribution in [3.05, 3.63) is 0 Å². The maximum Gasteiger partial charge on any atom is 0.388 e. The first-order valence-corrected chi connectivity index (χ1v) is 12.9. The fourth-order valence-corrected chi connectivity index (χ4v) is 3.48. The van der Waals surface area contributed by atoms with Crippen LogP contribution in [0, 0.1) is 0 Å². The summed E-state index contributed by atoms with van der Waals surface area (Å²) < 4.78 is 7.56. The van der Waals surface area contributed by atoms with E-state index in [1.165, 1.54) is 0 Å². The molecule has 0 aliphatic carbocycles. The van der Waals surface area contributed by atoms with Gasteiger partial charge in [0.2, 0.25) is 8.32 Å². The van der Waals surface area contributed by atoms with Crippen molar-refractivity contribution in [3.8, 4) is 0 Å². The van der Waals surface area contributed by atoms with Crippen molar-refractivity contribution in [2.24, 2.45) is 0 Å². The van der Waals surface area contributed by atoms with Gasteiger partial charge in [-0.25, -0.2) is 4.79 Å². The highest BCUT2D eigenvalue weighted by Crippen LogP contribution is 2.15. The second kappa shape index (κ2) is 5.86. The molecule has 16 heavy (non-hydrogen) atoms. The number of unbranched alkanes of at least 4 members (excludes halogenated alkanes) is 1. The molecule has 0 aromatic heterocycles. The molecule has 0 radical (unpaired) electrons. The molecule has 0 aliphatic heterocycles. The highest BCUT2D eigenvalue weighted by Gasteiger charge is 2.32. The Morgan fingerprint density at radius 3 is 1.94 bits per heavy atom. The number of amides is 1. The van der Waals surface area contributed by atoms with Crippen molar-refractivity contribution in [3.63, 3.8) is 0 Å². The Morgan fingerprint density at radius 1 is 1.12 bits per heavy atom. The van der Waals surface area contributed by atoms with Gasteiger partial charge in [-0.3, -0.25) is 0 Å². The summed E-state index contributed by atoms with van der Waals surface area (Å²) in [4.78, 5) is 12.1. The third-order valence-corrected chi connectivity index (χ3v) is 4.97. The van der Waals surface area contributed by atoms with E-state index in [2.05, 4.69) is 26.6 Å². The first-order valence-electron chi connectivity index (χ1n) is 6.08. The van der Waals surface area contributed by atoms with Crippen molar-refractivity contribution in [2.75, 3.05) is 6.54 Å². The fourth-order valence-electron chi connectivity index (χ4n) is 1.33. The van der Waals surface area contributed by atoms with Crippen molar-refractivity contribution in [1.29, 1.82) is 0 Å². The van der Waals surface area contributed by atoms with Gasteiger partial charge >= 0.3 is 6.09 Å². The second-order valence-electron chi connectivity index (χ2n) is 6.16. The van der Waals surface area contributed by atoms with Crippen LogP contribution < -0.4 is 0 Å². The average Bonchev–Trinajstić information content (AvgIpc) is 1.98. The molecule has 0 unspecified atom stereocenters. The third kappa shape index (κ3) is 6.32. The minimum absolute atomic E-state index is 0.0909. The van der Waals surface area contributed by atoms with Gasteiger partial charge in [-0.2, -0.15) is 0 Å². The Hall–Kier alpha value is -0.296. The molecule has 1 amide bonds.